The highest BCUT2D eigenvalue weighted by atomic mass is 32.2. The van der Waals surface area contributed by atoms with Gasteiger partial charge in [0.1, 0.15) is 10.8 Å². The number of carbonyl (C=O) groups excluding carboxylic acids is 2. The van der Waals surface area contributed by atoms with E-state index in [9.17, 15) is 14.9 Å². The third-order valence-corrected chi connectivity index (χ3v) is 9.12. The molecule has 1 amide bonds. The number of nitrogens with one attached hydrogen (secondary N) is 1. The van der Waals surface area contributed by atoms with Gasteiger partial charge in [-0.2, -0.15) is 5.26 Å². The fraction of sp³-hybridized carbons (Fsp3) is 0.320. The summed E-state index contributed by atoms with van der Waals surface area (Å²) in [7, 11) is 0. The van der Waals surface area contributed by atoms with Crippen LogP contribution in [0, 0.1) is 18.3 Å². The number of hydrogen-bond donors (Lipinski definition) is 2. The molecule has 38 heavy (non-hydrogen) atoms. The number of nitrogens with two attached hydrogens (primary N) is 1. The zero-order valence-electron chi connectivity index (χ0n) is 20.7. The molecule has 3 heterocycles. The number of ketones is 1. The van der Waals surface area contributed by atoms with Crippen LogP contribution in [0.1, 0.15) is 48.2 Å². The lowest BCUT2D eigenvalue weighted by atomic mass is 9.75. The summed E-state index contributed by atoms with van der Waals surface area (Å²) < 4.78 is 0.566. The molecule has 1 aromatic carbocycles. The van der Waals surface area contributed by atoms with Crippen molar-refractivity contribution in [2.24, 2.45) is 5.73 Å². The SMILES string of the molecule is CCc1ccc(C2C(C#N)=C(N)N(c3nnc(SCC(=O)Nc4nnc(C)s4)s3)C3=C2C(=O)CCC3)cc1. The molecular weight excluding hydrogens is 541 g/mol. The van der Waals surface area contributed by atoms with Gasteiger partial charge in [0.05, 0.1) is 23.3 Å². The lowest BCUT2D eigenvalue weighted by molar-refractivity contribution is -0.116. The molecule has 0 saturated carbocycles. The number of nitrogens with zero attached hydrogens (tertiary/aromatic N) is 6. The van der Waals surface area contributed by atoms with Gasteiger partial charge in [-0.05, 0) is 37.3 Å². The van der Waals surface area contributed by atoms with Gasteiger partial charge in [-0.25, -0.2) is 0 Å². The van der Waals surface area contributed by atoms with E-state index in [0.29, 0.717) is 45.0 Å². The van der Waals surface area contributed by atoms with Gasteiger partial charge in [0.2, 0.25) is 16.2 Å². The molecule has 2 aromatic heterocycles. The van der Waals surface area contributed by atoms with E-state index >= 15 is 0 Å². The zero-order valence-corrected chi connectivity index (χ0v) is 23.2. The molecule has 0 spiro atoms. The molecule has 194 valence electrons. The molecule has 1 unspecified atom stereocenters. The first kappa shape index (κ1) is 26.0. The number of carbonyl (C=O) groups is 2. The number of nitriles is 1. The molecule has 2 aliphatic rings. The predicted molar refractivity (Wildman–Crippen MR) is 148 cm³/mol. The average Bonchev–Trinajstić information content (AvgIpc) is 3.55. The van der Waals surface area contributed by atoms with Gasteiger partial charge in [0.15, 0.2) is 10.1 Å². The molecule has 3 N–H and O–H groups in total. The van der Waals surface area contributed by atoms with E-state index in [1.807, 2.05) is 31.2 Å². The minimum absolute atomic E-state index is 0.0174. The van der Waals surface area contributed by atoms with Crippen LogP contribution >= 0.6 is 34.4 Å². The molecule has 0 saturated heterocycles. The first-order valence-electron chi connectivity index (χ1n) is 12.0. The Bertz CT molecular complexity index is 1500. The summed E-state index contributed by atoms with van der Waals surface area (Å²) in [5.74, 6) is -0.359. The fourth-order valence-corrected chi connectivity index (χ4v) is 6.85. The monoisotopic (exact) mass is 564 g/mol. The number of anilines is 2. The summed E-state index contributed by atoms with van der Waals surface area (Å²) in [6, 6.07) is 10.3. The Morgan fingerprint density at radius 2 is 2.00 bits per heavy atom. The van der Waals surface area contributed by atoms with Crippen LogP contribution < -0.4 is 16.0 Å². The standard InChI is InChI=1S/C25H24N8O2S3/c1-3-14-7-9-15(10-8-14)20-16(11-26)22(27)33(17-5-4-6-18(34)21(17)20)24-31-32-25(38-24)36-12-19(35)28-23-30-29-13(2)37-23/h7-10,20H,3-6,12,27H2,1-2H3,(H,28,30,35). The largest absolute Gasteiger partial charge is 0.384 e. The van der Waals surface area contributed by atoms with E-state index in [1.165, 1.54) is 40.0 Å². The summed E-state index contributed by atoms with van der Waals surface area (Å²) >= 11 is 3.80. The van der Waals surface area contributed by atoms with Crippen LogP contribution in [0.15, 0.2) is 51.3 Å². The second-order valence-corrected chi connectivity index (χ2v) is 12.1. The number of thioether (sulfide) groups is 1. The van der Waals surface area contributed by atoms with Gasteiger partial charge in [0, 0.05) is 17.7 Å². The van der Waals surface area contributed by atoms with Gasteiger partial charge in [-0.15, -0.1) is 20.4 Å². The molecule has 0 fully saturated rings. The molecule has 5 rings (SSSR count). The second kappa shape index (κ2) is 11.0. The van der Waals surface area contributed by atoms with E-state index < -0.39 is 5.92 Å². The third kappa shape index (κ3) is 5.07. The minimum atomic E-state index is -0.514. The quantitative estimate of drug-likeness (QED) is 0.398. The molecule has 1 atom stereocenters. The average molecular weight is 565 g/mol. The maximum absolute atomic E-state index is 13.3. The summed E-state index contributed by atoms with van der Waals surface area (Å²) in [5.41, 5.74) is 10.3. The molecule has 1 aliphatic carbocycles. The van der Waals surface area contributed by atoms with Gasteiger partial charge in [0.25, 0.3) is 0 Å². The van der Waals surface area contributed by atoms with Gasteiger partial charge in [-0.1, -0.05) is 65.6 Å². The molecular formula is C25H24N8O2S3. The van der Waals surface area contributed by atoms with Crippen LogP contribution in [-0.2, 0) is 16.0 Å². The molecule has 3 aromatic rings. The van der Waals surface area contributed by atoms with Crippen molar-refractivity contribution in [1.29, 1.82) is 5.26 Å². The van der Waals surface area contributed by atoms with Crippen molar-refractivity contribution in [3.8, 4) is 6.07 Å². The summed E-state index contributed by atoms with van der Waals surface area (Å²) in [4.78, 5) is 27.3. The van der Waals surface area contributed by atoms with E-state index in [2.05, 4.69) is 38.7 Å². The van der Waals surface area contributed by atoms with E-state index in [-0.39, 0.29) is 23.3 Å². The number of allylic oxidation sites excluding steroid dienone is 3. The van der Waals surface area contributed by atoms with Gasteiger partial charge >= 0.3 is 0 Å². The van der Waals surface area contributed by atoms with Crippen LogP contribution in [0.5, 0.6) is 0 Å². The maximum atomic E-state index is 13.3. The van der Waals surface area contributed by atoms with Crippen molar-refractivity contribution < 1.29 is 9.59 Å². The van der Waals surface area contributed by atoms with Crippen LogP contribution in [0.4, 0.5) is 10.3 Å². The smallest absolute Gasteiger partial charge is 0.236 e. The second-order valence-electron chi connectivity index (χ2n) is 8.73. The van der Waals surface area contributed by atoms with Crippen molar-refractivity contribution in [2.45, 2.75) is 49.8 Å². The third-order valence-electron chi connectivity index (χ3n) is 6.32. The number of aryl methyl sites for hydroxylation is 2. The van der Waals surface area contributed by atoms with Crippen molar-refractivity contribution in [2.75, 3.05) is 16.0 Å². The van der Waals surface area contributed by atoms with E-state index in [4.69, 9.17) is 5.73 Å². The van der Waals surface area contributed by atoms with E-state index in [0.717, 1.165) is 22.7 Å². The number of hydrogen-bond acceptors (Lipinski definition) is 12. The Labute approximate surface area is 231 Å². The molecule has 13 heteroatoms. The number of aromatic nitrogens is 4. The molecule has 10 nitrogen and oxygen atoms in total. The summed E-state index contributed by atoms with van der Waals surface area (Å²) in [6.45, 7) is 3.89. The Morgan fingerprint density at radius 1 is 1.21 bits per heavy atom. The number of amides is 1. The highest BCUT2D eigenvalue weighted by molar-refractivity contribution is 8.01. The highest BCUT2D eigenvalue weighted by Crippen LogP contribution is 2.47. The Kier molecular flexibility index (Phi) is 7.55. The van der Waals surface area contributed by atoms with Crippen LogP contribution in [-0.4, -0.2) is 37.8 Å². The minimum Gasteiger partial charge on any atom is -0.384 e. The van der Waals surface area contributed by atoms with Crippen molar-refractivity contribution in [1.82, 2.24) is 20.4 Å². The van der Waals surface area contributed by atoms with Crippen LogP contribution in [0.2, 0.25) is 0 Å². The predicted octanol–water partition coefficient (Wildman–Crippen LogP) is 4.30. The number of rotatable bonds is 7. The van der Waals surface area contributed by atoms with Crippen molar-refractivity contribution >= 4 is 56.4 Å². The Hall–Kier alpha value is -3.60. The molecule has 1 aliphatic heterocycles. The van der Waals surface area contributed by atoms with Gasteiger partial charge < -0.3 is 5.73 Å². The highest BCUT2D eigenvalue weighted by Gasteiger charge is 2.41. The number of benzene rings is 1. The normalized spacial score (nSPS) is 17.4. The Morgan fingerprint density at radius 3 is 2.68 bits per heavy atom. The topological polar surface area (TPSA) is 151 Å². The van der Waals surface area contributed by atoms with Crippen molar-refractivity contribution in [3.05, 3.63) is 63.1 Å². The van der Waals surface area contributed by atoms with Crippen LogP contribution in [0.3, 0.4) is 0 Å². The summed E-state index contributed by atoms with van der Waals surface area (Å²) in [5, 5.41) is 30.9. The molecule has 0 radical (unpaired) electrons. The summed E-state index contributed by atoms with van der Waals surface area (Å²) in [6.07, 6.45) is 2.65. The lowest BCUT2D eigenvalue weighted by Crippen LogP contribution is -2.38. The zero-order chi connectivity index (χ0) is 26.8. The Balaban J connectivity index is 1.43. The first-order valence-corrected chi connectivity index (χ1v) is 14.6. The maximum Gasteiger partial charge on any atom is 0.236 e. The van der Waals surface area contributed by atoms with Crippen LogP contribution in [0.25, 0.3) is 0 Å². The van der Waals surface area contributed by atoms with E-state index in [1.54, 1.807) is 4.90 Å². The fourth-order valence-electron chi connectivity index (χ4n) is 4.56. The van der Waals surface area contributed by atoms with Crippen molar-refractivity contribution in [3.63, 3.8) is 0 Å². The lowest BCUT2D eigenvalue weighted by Gasteiger charge is -2.38. The molecule has 0 bridgehead atoms. The first-order chi connectivity index (χ1) is 18.4. The number of Topliss-reactive ketones (excluding diaryl/α,β-unsaturated/α-hetero) is 1. The van der Waals surface area contributed by atoms with Gasteiger partial charge in [-0.3, -0.25) is 19.8 Å².